The van der Waals surface area contributed by atoms with E-state index in [0.29, 0.717) is 0 Å². The van der Waals surface area contributed by atoms with E-state index >= 15 is 0 Å². The van der Waals surface area contributed by atoms with Gasteiger partial charge in [0.1, 0.15) is 0 Å². The second-order valence-electron chi connectivity index (χ2n) is 5.08. The first-order valence-corrected chi connectivity index (χ1v) is 5.92. The zero-order chi connectivity index (χ0) is 16.4. The van der Waals surface area contributed by atoms with E-state index in [9.17, 15) is 27.2 Å². The van der Waals surface area contributed by atoms with Gasteiger partial charge in [0.05, 0.1) is 5.56 Å². The van der Waals surface area contributed by atoms with Crippen molar-refractivity contribution in [3.05, 3.63) is 34.9 Å². The smallest absolute Gasteiger partial charge is 0.303 e. The molecule has 0 aliphatic heterocycles. The normalized spacial score (nSPS) is 11.3. The number of hydrogen-bond acceptors (Lipinski definition) is 2. The van der Waals surface area contributed by atoms with E-state index in [2.05, 4.69) is 5.32 Å². The van der Waals surface area contributed by atoms with Gasteiger partial charge in [-0.05, 0) is 26.3 Å². The Morgan fingerprint density at radius 2 is 1.71 bits per heavy atom. The molecule has 0 aliphatic rings. The number of carbonyl (C=O) groups is 2. The number of carboxylic acid groups (broad SMARTS) is 1. The lowest BCUT2D eigenvalue weighted by molar-refractivity contribution is -0.137. The zero-order valence-corrected chi connectivity index (χ0v) is 11.3. The van der Waals surface area contributed by atoms with Gasteiger partial charge in [0.25, 0.3) is 5.91 Å². The molecule has 1 amide bonds. The summed E-state index contributed by atoms with van der Waals surface area (Å²) in [5.74, 6) is -9.84. The third-order valence-corrected chi connectivity index (χ3v) is 2.76. The molecule has 0 bridgehead atoms. The summed E-state index contributed by atoms with van der Waals surface area (Å²) in [5, 5.41) is 10.8. The minimum Gasteiger partial charge on any atom is -0.481 e. The van der Waals surface area contributed by atoms with Crippen LogP contribution in [0, 0.1) is 23.3 Å². The molecule has 4 nitrogen and oxygen atoms in total. The number of amides is 1. The number of benzene rings is 1. The predicted octanol–water partition coefficient (Wildman–Crippen LogP) is 2.62. The van der Waals surface area contributed by atoms with Crippen molar-refractivity contribution in [2.45, 2.75) is 32.2 Å². The van der Waals surface area contributed by atoms with Crippen LogP contribution in [-0.2, 0) is 4.79 Å². The second-order valence-corrected chi connectivity index (χ2v) is 5.08. The van der Waals surface area contributed by atoms with Gasteiger partial charge in [-0.25, -0.2) is 17.6 Å². The highest BCUT2D eigenvalue weighted by Gasteiger charge is 2.27. The molecule has 21 heavy (non-hydrogen) atoms. The van der Waals surface area contributed by atoms with Crippen LogP contribution in [0.2, 0.25) is 0 Å². The van der Waals surface area contributed by atoms with Gasteiger partial charge in [-0.2, -0.15) is 0 Å². The molecule has 8 heteroatoms. The Balaban J connectivity index is 2.97. The number of carboxylic acids is 1. The van der Waals surface area contributed by atoms with E-state index in [1.807, 2.05) is 0 Å². The summed E-state index contributed by atoms with van der Waals surface area (Å²) in [6, 6.07) is 0.246. The van der Waals surface area contributed by atoms with Crippen molar-refractivity contribution < 1.29 is 32.3 Å². The Labute approximate surface area is 117 Å². The summed E-state index contributed by atoms with van der Waals surface area (Å²) in [7, 11) is 0. The quantitative estimate of drug-likeness (QED) is 0.499. The molecule has 0 atom stereocenters. The van der Waals surface area contributed by atoms with Crippen LogP contribution in [0.5, 0.6) is 0 Å². The van der Waals surface area contributed by atoms with Gasteiger partial charge in [-0.1, -0.05) is 0 Å². The first kappa shape index (κ1) is 16.9. The molecule has 0 aliphatic carbocycles. The third-order valence-electron chi connectivity index (χ3n) is 2.76. The summed E-state index contributed by atoms with van der Waals surface area (Å²) in [5.41, 5.74) is -2.04. The van der Waals surface area contributed by atoms with Crippen molar-refractivity contribution in [3.8, 4) is 0 Å². The maximum absolute atomic E-state index is 13.4. The van der Waals surface area contributed by atoms with E-state index in [1.165, 1.54) is 13.8 Å². The van der Waals surface area contributed by atoms with Crippen LogP contribution in [0.1, 0.15) is 37.0 Å². The van der Waals surface area contributed by atoms with Gasteiger partial charge in [0.15, 0.2) is 23.3 Å². The Hall–Kier alpha value is -2.12. The maximum Gasteiger partial charge on any atom is 0.303 e. The van der Waals surface area contributed by atoms with Gasteiger partial charge < -0.3 is 10.4 Å². The van der Waals surface area contributed by atoms with Crippen molar-refractivity contribution in [3.63, 3.8) is 0 Å². The van der Waals surface area contributed by atoms with E-state index in [-0.39, 0.29) is 18.9 Å². The molecule has 0 heterocycles. The molecule has 0 fully saturated rings. The highest BCUT2D eigenvalue weighted by Crippen LogP contribution is 2.20. The highest BCUT2D eigenvalue weighted by atomic mass is 19.2. The van der Waals surface area contributed by atoms with Crippen LogP contribution in [-0.4, -0.2) is 22.5 Å². The number of carbonyl (C=O) groups excluding carboxylic acids is 1. The van der Waals surface area contributed by atoms with Gasteiger partial charge in [-0.15, -0.1) is 0 Å². The number of rotatable bonds is 5. The van der Waals surface area contributed by atoms with Gasteiger partial charge in [-0.3, -0.25) is 9.59 Å². The van der Waals surface area contributed by atoms with E-state index in [0.717, 1.165) is 0 Å². The molecule has 0 spiro atoms. The molecule has 1 rings (SSSR count). The number of nitrogens with one attached hydrogen (secondary N) is 1. The highest BCUT2D eigenvalue weighted by molar-refractivity contribution is 5.95. The van der Waals surface area contributed by atoms with Gasteiger partial charge in [0, 0.05) is 12.0 Å². The lowest BCUT2D eigenvalue weighted by Gasteiger charge is -2.25. The van der Waals surface area contributed by atoms with Crippen LogP contribution in [0.3, 0.4) is 0 Å². The fourth-order valence-electron chi connectivity index (χ4n) is 1.59. The summed E-state index contributed by atoms with van der Waals surface area (Å²) in [4.78, 5) is 22.3. The molecule has 0 saturated carbocycles. The van der Waals surface area contributed by atoms with Gasteiger partial charge in [0.2, 0.25) is 0 Å². The fraction of sp³-hybridized carbons (Fsp3) is 0.385. The number of aliphatic carboxylic acids is 1. The van der Waals surface area contributed by atoms with Crippen molar-refractivity contribution in [2.24, 2.45) is 0 Å². The lowest BCUT2D eigenvalue weighted by atomic mass is 9.97. The van der Waals surface area contributed by atoms with Crippen molar-refractivity contribution in [1.82, 2.24) is 5.32 Å². The van der Waals surface area contributed by atoms with Crippen LogP contribution in [0.25, 0.3) is 0 Å². The van der Waals surface area contributed by atoms with E-state index in [1.54, 1.807) is 0 Å². The van der Waals surface area contributed by atoms with E-state index in [4.69, 9.17) is 5.11 Å². The molecule has 1 aromatic carbocycles. The zero-order valence-electron chi connectivity index (χ0n) is 11.3. The van der Waals surface area contributed by atoms with Crippen molar-refractivity contribution >= 4 is 11.9 Å². The second kappa shape index (κ2) is 6.11. The first-order valence-electron chi connectivity index (χ1n) is 5.92. The molecule has 116 valence electrons. The Bertz CT molecular complexity index is 587. The molecule has 2 N–H and O–H groups in total. The van der Waals surface area contributed by atoms with Crippen LogP contribution in [0.4, 0.5) is 17.6 Å². The average molecular weight is 307 g/mol. The van der Waals surface area contributed by atoms with Crippen molar-refractivity contribution in [2.75, 3.05) is 0 Å². The van der Waals surface area contributed by atoms with Crippen LogP contribution in [0.15, 0.2) is 6.07 Å². The van der Waals surface area contributed by atoms with E-state index < -0.39 is 46.2 Å². The summed E-state index contributed by atoms with van der Waals surface area (Å²) in [6.45, 7) is 2.92. The standard InChI is InChI=1S/C13H13F4NO3/c1-13(2,4-3-8(19)20)18-12(21)6-5-7(14)10(16)11(17)9(6)15/h5H,3-4H2,1-2H3,(H,18,21)(H,19,20). The molecule has 1 aromatic rings. The molecule has 0 radical (unpaired) electrons. The maximum atomic E-state index is 13.4. The summed E-state index contributed by atoms with van der Waals surface area (Å²) in [6.07, 6.45) is -0.246. The predicted molar refractivity (Wildman–Crippen MR) is 64.7 cm³/mol. The van der Waals surface area contributed by atoms with Crippen LogP contribution >= 0.6 is 0 Å². The molecule has 0 unspecified atom stereocenters. The lowest BCUT2D eigenvalue weighted by Crippen LogP contribution is -2.44. The van der Waals surface area contributed by atoms with Crippen molar-refractivity contribution in [1.29, 1.82) is 0 Å². The third kappa shape index (κ3) is 4.17. The molecular formula is C13H13F4NO3. The minimum absolute atomic E-state index is 0.0157. The average Bonchev–Trinajstić information content (AvgIpc) is 2.37. The monoisotopic (exact) mass is 307 g/mol. The van der Waals surface area contributed by atoms with Gasteiger partial charge >= 0.3 is 5.97 Å². The minimum atomic E-state index is -2.08. The largest absolute Gasteiger partial charge is 0.481 e. The Kier molecular flexibility index (Phi) is 4.93. The number of halogens is 4. The molecule has 0 saturated heterocycles. The topological polar surface area (TPSA) is 66.4 Å². The Morgan fingerprint density at radius 3 is 2.24 bits per heavy atom. The first-order chi connectivity index (χ1) is 9.55. The summed E-state index contributed by atoms with van der Waals surface area (Å²) >= 11 is 0. The summed E-state index contributed by atoms with van der Waals surface area (Å²) < 4.78 is 52.3. The molecular weight excluding hydrogens is 294 g/mol. The van der Waals surface area contributed by atoms with Crippen LogP contribution < -0.4 is 5.32 Å². The molecule has 0 aromatic heterocycles. The SMILES string of the molecule is CC(C)(CCC(=O)O)NC(=O)c1cc(F)c(F)c(F)c1F. The Morgan fingerprint density at radius 1 is 1.14 bits per heavy atom. The fourth-order valence-corrected chi connectivity index (χ4v) is 1.59. The number of hydrogen-bond donors (Lipinski definition) is 2.